The van der Waals surface area contributed by atoms with Crippen molar-refractivity contribution in [3.63, 3.8) is 0 Å². The van der Waals surface area contributed by atoms with Crippen molar-refractivity contribution in [2.45, 2.75) is 45.1 Å². The molecular weight excluding hydrogens is 212 g/mol. The molecule has 0 bridgehead atoms. The number of aliphatic hydroxyl groups is 1. The zero-order chi connectivity index (χ0) is 12.1. The van der Waals surface area contributed by atoms with Crippen molar-refractivity contribution in [2.75, 3.05) is 32.7 Å². The Balaban J connectivity index is 1.52. The van der Waals surface area contributed by atoms with Gasteiger partial charge in [0.2, 0.25) is 0 Å². The summed E-state index contributed by atoms with van der Waals surface area (Å²) in [6.07, 6.45) is 6.56. The van der Waals surface area contributed by atoms with E-state index in [0.717, 1.165) is 31.5 Å². The van der Waals surface area contributed by atoms with Crippen molar-refractivity contribution in [1.29, 1.82) is 0 Å². The summed E-state index contributed by atoms with van der Waals surface area (Å²) in [4.78, 5) is 2.38. The fraction of sp³-hybridized carbons (Fsp3) is 1.00. The fourth-order valence-corrected chi connectivity index (χ4v) is 3.29. The molecule has 3 unspecified atom stereocenters. The summed E-state index contributed by atoms with van der Waals surface area (Å²) in [5.74, 6) is 1.76. The average molecular weight is 240 g/mol. The summed E-state index contributed by atoms with van der Waals surface area (Å²) in [5, 5.41) is 13.4. The smallest absolute Gasteiger partial charge is 0.0791 e. The average Bonchev–Trinajstić information content (AvgIpc) is 2.90. The number of β-amino-alcohol motifs (C(OH)–C–C–N with tert-alkyl or cyclic N) is 1. The summed E-state index contributed by atoms with van der Waals surface area (Å²) < 4.78 is 0. The van der Waals surface area contributed by atoms with Crippen molar-refractivity contribution in [3.05, 3.63) is 0 Å². The molecule has 2 N–H and O–H groups in total. The number of hydrogen-bond donors (Lipinski definition) is 2. The lowest BCUT2D eigenvalue weighted by Gasteiger charge is -2.20. The van der Waals surface area contributed by atoms with E-state index in [1.165, 1.54) is 45.2 Å². The van der Waals surface area contributed by atoms with Gasteiger partial charge in [0.05, 0.1) is 6.10 Å². The quantitative estimate of drug-likeness (QED) is 0.738. The molecule has 1 aliphatic heterocycles. The number of hydrogen-bond acceptors (Lipinski definition) is 3. The molecule has 0 amide bonds. The number of rotatable bonds is 6. The molecule has 17 heavy (non-hydrogen) atoms. The van der Waals surface area contributed by atoms with Crippen LogP contribution in [-0.2, 0) is 0 Å². The van der Waals surface area contributed by atoms with E-state index in [0.29, 0.717) is 0 Å². The Labute approximate surface area is 106 Å². The predicted molar refractivity (Wildman–Crippen MR) is 71.1 cm³/mol. The molecule has 0 aromatic rings. The van der Waals surface area contributed by atoms with E-state index < -0.39 is 0 Å². The highest BCUT2D eigenvalue weighted by Gasteiger charge is 2.21. The van der Waals surface area contributed by atoms with Crippen LogP contribution >= 0.6 is 0 Å². The van der Waals surface area contributed by atoms with Crippen molar-refractivity contribution >= 4 is 0 Å². The largest absolute Gasteiger partial charge is 0.390 e. The molecule has 100 valence electrons. The number of nitrogens with one attached hydrogen (secondary N) is 1. The third-order valence-corrected chi connectivity index (χ3v) is 4.28. The van der Waals surface area contributed by atoms with Crippen LogP contribution in [0, 0.1) is 11.8 Å². The van der Waals surface area contributed by atoms with Gasteiger partial charge in [0.15, 0.2) is 0 Å². The van der Waals surface area contributed by atoms with Gasteiger partial charge in [0.25, 0.3) is 0 Å². The van der Waals surface area contributed by atoms with Gasteiger partial charge in [-0.1, -0.05) is 13.3 Å². The first-order chi connectivity index (χ1) is 8.24. The van der Waals surface area contributed by atoms with Crippen LogP contribution in [0.3, 0.4) is 0 Å². The Bertz CT molecular complexity index is 216. The molecule has 1 heterocycles. The lowest BCUT2D eigenvalue weighted by atomic mass is 10.1. The molecule has 3 atom stereocenters. The van der Waals surface area contributed by atoms with Gasteiger partial charge in [-0.05, 0) is 57.2 Å². The van der Waals surface area contributed by atoms with Crippen LogP contribution < -0.4 is 5.32 Å². The second kappa shape index (κ2) is 6.72. The van der Waals surface area contributed by atoms with Crippen LogP contribution in [0.2, 0.25) is 0 Å². The number of aliphatic hydroxyl groups excluding tert-OH is 1. The standard InChI is InChI=1S/C14H28N2O/c1-12-4-5-13(8-12)9-15-10-14(17)11-16-6-2-3-7-16/h12-15,17H,2-11H2,1H3. The van der Waals surface area contributed by atoms with Gasteiger partial charge >= 0.3 is 0 Å². The maximum Gasteiger partial charge on any atom is 0.0791 e. The van der Waals surface area contributed by atoms with E-state index in [9.17, 15) is 5.11 Å². The van der Waals surface area contributed by atoms with E-state index in [2.05, 4.69) is 17.1 Å². The van der Waals surface area contributed by atoms with Gasteiger partial charge in [-0.3, -0.25) is 0 Å². The second-order valence-electron chi connectivity index (χ2n) is 6.10. The first-order valence-corrected chi connectivity index (χ1v) is 7.35. The molecule has 1 saturated heterocycles. The Kier molecular flexibility index (Phi) is 5.26. The molecular formula is C14H28N2O. The minimum Gasteiger partial charge on any atom is -0.390 e. The van der Waals surface area contributed by atoms with Crippen molar-refractivity contribution in [1.82, 2.24) is 10.2 Å². The van der Waals surface area contributed by atoms with Gasteiger partial charge in [-0.2, -0.15) is 0 Å². The second-order valence-corrected chi connectivity index (χ2v) is 6.10. The lowest BCUT2D eigenvalue weighted by molar-refractivity contribution is 0.122. The molecule has 3 nitrogen and oxygen atoms in total. The van der Waals surface area contributed by atoms with Gasteiger partial charge in [-0.15, -0.1) is 0 Å². The summed E-state index contributed by atoms with van der Waals surface area (Å²) in [7, 11) is 0. The van der Waals surface area contributed by atoms with E-state index in [1.54, 1.807) is 0 Å². The minimum absolute atomic E-state index is 0.188. The summed E-state index contributed by atoms with van der Waals surface area (Å²) in [6, 6.07) is 0. The SMILES string of the molecule is CC1CCC(CNCC(O)CN2CCCC2)C1. The normalized spacial score (nSPS) is 32.1. The molecule has 0 aromatic heterocycles. The van der Waals surface area contributed by atoms with E-state index in [4.69, 9.17) is 0 Å². The Hall–Kier alpha value is -0.120. The first-order valence-electron chi connectivity index (χ1n) is 7.35. The van der Waals surface area contributed by atoms with Gasteiger partial charge in [-0.25, -0.2) is 0 Å². The van der Waals surface area contributed by atoms with Gasteiger partial charge in [0.1, 0.15) is 0 Å². The van der Waals surface area contributed by atoms with Crippen LogP contribution in [0.25, 0.3) is 0 Å². The lowest BCUT2D eigenvalue weighted by Crippen LogP contribution is -2.38. The maximum absolute atomic E-state index is 9.93. The molecule has 0 radical (unpaired) electrons. The molecule has 3 heteroatoms. The fourth-order valence-electron chi connectivity index (χ4n) is 3.29. The van der Waals surface area contributed by atoms with Crippen LogP contribution in [0.15, 0.2) is 0 Å². The Morgan fingerprint density at radius 3 is 2.71 bits per heavy atom. The highest BCUT2D eigenvalue weighted by Crippen LogP contribution is 2.29. The van der Waals surface area contributed by atoms with Crippen LogP contribution in [0.5, 0.6) is 0 Å². The van der Waals surface area contributed by atoms with Crippen LogP contribution in [0.4, 0.5) is 0 Å². The highest BCUT2D eigenvalue weighted by molar-refractivity contribution is 4.76. The Morgan fingerprint density at radius 2 is 2.06 bits per heavy atom. The van der Waals surface area contributed by atoms with Crippen molar-refractivity contribution in [2.24, 2.45) is 11.8 Å². The topological polar surface area (TPSA) is 35.5 Å². The third kappa shape index (κ3) is 4.57. The summed E-state index contributed by atoms with van der Waals surface area (Å²) in [6.45, 7) is 7.42. The molecule has 2 rings (SSSR count). The first kappa shape index (κ1) is 13.3. The minimum atomic E-state index is -0.188. The molecule has 0 aromatic carbocycles. The highest BCUT2D eigenvalue weighted by atomic mass is 16.3. The molecule has 2 aliphatic rings. The van der Waals surface area contributed by atoms with Crippen LogP contribution in [0.1, 0.15) is 39.0 Å². The predicted octanol–water partition coefficient (Wildman–Crippen LogP) is 1.47. The van der Waals surface area contributed by atoms with Crippen molar-refractivity contribution in [3.8, 4) is 0 Å². The van der Waals surface area contributed by atoms with Gasteiger partial charge < -0.3 is 15.3 Å². The Morgan fingerprint density at radius 1 is 1.29 bits per heavy atom. The van der Waals surface area contributed by atoms with E-state index in [1.807, 2.05) is 0 Å². The zero-order valence-corrected chi connectivity index (χ0v) is 11.2. The monoisotopic (exact) mass is 240 g/mol. The van der Waals surface area contributed by atoms with Gasteiger partial charge in [0, 0.05) is 13.1 Å². The maximum atomic E-state index is 9.93. The van der Waals surface area contributed by atoms with E-state index in [-0.39, 0.29) is 6.10 Å². The van der Waals surface area contributed by atoms with E-state index >= 15 is 0 Å². The number of likely N-dealkylation sites (tertiary alicyclic amines) is 1. The number of nitrogens with zero attached hydrogens (tertiary/aromatic N) is 1. The molecule has 1 saturated carbocycles. The molecule has 1 aliphatic carbocycles. The zero-order valence-electron chi connectivity index (χ0n) is 11.2. The third-order valence-electron chi connectivity index (χ3n) is 4.28. The van der Waals surface area contributed by atoms with Crippen molar-refractivity contribution < 1.29 is 5.11 Å². The summed E-state index contributed by atoms with van der Waals surface area (Å²) in [5.41, 5.74) is 0. The summed E-state index contributed by atoms with van der Waals surface area (Å²) >= 11 is 0. The molecule has 2 fully saturated rings. The molecule has 0 spiro atoms. The van der Waals surface area contributed by atoms with Crippen LogP contribution in [-0.4, -0.2) is 48.8 Å².